The van der Waals surface area contributed by atoms with Crippen LogP contribution in [0.4, 0.5) is 4.79 Å². The molecule has 0 saturated carbocycles. The van der Waals surface area contributed by atoms with Crippen LogP contribution < -0.4 is 26.0 Å². The topological polar surface area (TPSA) is 113 Å². The van der Waals surface area contributed by atoms with Gasteiger partial charge in [0, 0.05) is 26.2 Å². The zero-order chi connectivity index (χ0) is 24.0. The summed E-state index contributed by atoms with van der Waals surface area (Å²) >= 11 is 0. The maximum absolute atomic E-state index is 12.2. The Labute approximate surface area is 191 Å². The molecule has 1 aromatic rings. The van der Waals surface area contributed by atoms with Gasteiger partial charge in [0.25, 0.3) is 0 Å². The van der Waals surface area contributed by atoms with Gasteiger partial charge in [-0.15, -0.1) is 0 Å². The number of amides is 2. The summed E-state index contributed by atoms with van der Waals surface area (Å²) < 4.78 is 10.4. The van der Waals surface area contributed by atoms with E-state index in [4.69, 9.17) is 9.47 Å². The molecule has 0 aliphatic carbocycles. The van der Waals surface area contributed by atoms with Gasteiger partial charge < -0.3 is 30.7 Å². The van der Waals surface area contributed by atoms with E-state index in [0.717, 1.165) is 30.6 Å². The first kappa shape index (κ1) is 27.1. The Kier molecular flexibility index (Phi) is 12.0. The van der Waals surface area contributed by atoms with Crippen LogP contribution in [0.25, 0.3) is 0 Å². The number of carbonyl (C=O) groups excluding carboxylic acids is 2. The van der Waals surface area contributed by atoms with E-state index in [1.54, 1.807) is 14.2 Å². The minimum atomic E-state index is -0.548. The molecule has 1 unspecified atom stereocenters. The van der Waals surface area contributed by atoms with E-state index in [0.29, 0.717) is 19.0 Å². The monoisotopic (exact) mass is 449 g/mol. The molecule has 180 valence electrons. The summed E-state index contributed by atoms with van der Waals surface area (Å²) in [4.78, 5) is 28.4. The highest BCUT2D eigenvalue weighted by molar-refractivity contribution is 5.86. The van der Waals surface area contributed by atoms with Gasteiger partial charge >= 0.3 is 6.09 Å². The van der Waals surface area contributed by atoms with Gasteiger partial charge in [0.15, 0.2) is 5.96 Å². The zero-order valence-corrected chi connectivity index (χ0v) is 20.2. The summed E-state index contributed by atoms with van der Waals surface area (Å²) in [5.74, 6) is 1.12. The first-order valence-corrected chi connectivity index (χ1v) is 11.0. The van der Waals surface area contributed by atoms with E-state index in [1.165, 1.54) is 0 Å². The highest BCUT2D eigenvalue weighted by Gasteiger charge is 2.18. The van der Waals surface area contributed by atoms with Gasteiger partial charge in [-0.2, -0.15) is 0 Å². The van der Waals surface area contributed by atoms with Gasteiger partial charge in [-0.05, 0) is 44.9 Å². The number of hydrogen-bond acceptors (Lipinski definition) is 5. The lowest BCUT2D eigenvalue weighted by atomic mass is 10.1. The number of rotatable bonds is 11. The number of benzene rings is 1. The van der Waals surface area contributed by atoms with Crippen LogP contribution in [0.5, 0.6) is 5.75 Å². The second kappa shape index (κ2) is 14.2. The van der Waals surface area contributed by atoms with Crippen LogP contribution in [0.1, 0.15) is 52.5 Å². The molecule has 0 spiro atoms. The number of methoxy groups -OCH3 is 1. The molecule has 0 saturated heterocycles. The molecule has 0 aliphatic heterocycles. The fourth-order valence-corrected chi connectivity index (χ4v) is 2.76. The number of aliphatic imine (C=N–C) groups is 1. The van der Waals surface area contributed by atoms with Crippen molar-refractivity contribution in [2.75, 3.05) is 27.2 Å². The van der Waals surface area contributed by atoms with Crippen molar-refractivity contribution in [3.05, 3.63) is 29.8 Å². The fraction of sp³-hybridized carbons (Fsp3) is 0.609. The Morgan fingerprint density at radius 1 is 1.09 bits per heavy atom. The number of ether oxygens (including phenoxy) is 2. The van der Waals surface area contributed by atoms with E-state index in [9.17, 15) is 9.59 Å². The molecule has 1 atom stereocenters. The molecule has 9 nitrogen and oxygen atoms in total. The van der Waals surface area contributed by atoms with E-state index in [2.05, 4.69) is 33.2 Å². The Morgan fingerprint density at radius 2 is 1.78 bits per heavy atom. The standard InChI is InChI=1S/C23H39N5O4/c1-7-8-9-18(15-27-22(30)32-23(2,3)4)28-21(24-5)26-16-20(29)25-14-17-10-12-19(31-6)13-11-17/h10-13,18H,7-9,14-16H2,1-6H3,(H,25,29)(H,27,30)(H2,24,26,28). The van der Waals surface area contributed by atoms with E-state index in [1.807, 2.05) is 45.0 Å². The smallest absolute Gasteiger partial charge is 0.407 e. The van der Waals surface area contributed by atoms with Crippen LogP contribution in [0, 0.1) is 0 Å². The summed E-state index contributed by atoms with van der Waals surface area (Å²) in [6.45, 7) is 8.48. The Balaban J connectivity index is 2.48. The first-order chi connectivity index (χ1) is 15.2. The molecule has 1 rings (SSSR count). The maximum Gasteiger partial charge on any atom is 0.407 e. The highest BCUT2D eigenvalue weighted by Crippen LogP contribution is 2.11. The summed E-state index contributed by atoms with van der Waals surface area (Å²) in [6.07, 6.45) is 2.41. The van der Waals surface area contributed by atoms with E-state index in [-0.39, 0.29) is 18.5 Å². The van der Waals surface area contributed by atoms with Crippen molar-refractivity contribution in [2.45, 2.75) is 65.1 Å². The maximum atomic E-state index is 12.2. The Bertz CT molecular complexity index is 729. The second-order valence-electron chi connectivity index (χ2n) is 8.42. The van der Waals surface area contributed by atoms with Crippen molar-refractivity contribution < 1.29 is 19.1 Å². The molecule has 4 N–H and O–H groups in total. The van der Waals surface area contributed by atoms with Gasteiger partial charge in [-0.3, -0.25) is 9.79 Å². The molecule has 32 heavy (non-hydrogen) atoms. The number of alkyl carbamates (subject to hydrolysis) is 1. The second-order valence-corrected chi connectivity index (χ2v) is 8.42. The predicted octanol–water partition coefficient (Wildman–Crippen LogP) is 2.56. The molecule has 0 aliphatic rings. The lowest BCUT2D eigenvalue weighted by molar-refractivity contribution is -0.120. The summed E-state index contributed by atoms with van der Waals surface area (Å²) in [5, 5.41) is 12.0. The van der Waals surface area contributed by atoms with E-state index < -0.39 is 11.7 Å². The van der Waals surface area contributed by atoms with Crippen molar-refractivity contribution in [2.24, 2.45) is 4.99 Å². The first-order valence-electron chi connectivity index (χ1n) is 11.0. The van der Waals surface area contributed by atoms with Crippen molar-refractivity contribution >= 4 is 18.0 Å². The normalized spacial score (nSPS) is 12.5. The molecule has 0 heterocycles. The number of nitrogens with one attached hydrogen (secondary N) is 4. The van der Waals surface area contributed by atoms with Crippen molar-refractivity contribution in [1.82, 2.24) is 21.3 Å². The van der Waals surface area contributed by atoms with Crippen LogP contribution >= 0.6 is 0 Å². The molecule has 1 aromatic carbocycles. The predicted molar refractivity (Wildman–Crippen MR) is 127 cm³/mol. The minimum absolute atomic E-state index is 0.0453. The van der Waals surface area contributed by atoms with Crippen molar-refractivity contribution in [1.29, 1.82) is 0 Å². The quantitative estimate of drug-likeness (QED) is 0.305. The minimum Gasteiger partial charge on any atom is -0.497 e. The Morgan fingerprint density at radius 3 is 2.34 bits per heavy atom. The van der Waals surface area contributed by atoms with E-state index >= 15 is 0 Å². The molecule has 0 aromatic heterocycles. The average Bonchev–Trinajstić information content (AvgIpc) is 2.75. The number of hydrogen-bond donors (Lipinski definition) is 4. The average molecular weight is 450 g/mol. The van der Waals surface area contributed by atoms with Crippen LogP contribution in [0.15, 0.2) is 29.3 Å². The third-order valence-corrected chi connectivity index (χ3v) is 4.43. The number of unbranched alkanes of at least 4 members (excludes halogenated alkanes) is 1. The van der Waals surface area contributed by atoms with Crippen LogP contribution in [-0.2, 0) is 16.1 Å². The van der Waals surface area contributed by atoms with Gasteiger partial charge in [-0.25, -0.2) is 4.79 Å². The van der Waals surface area contributed by atoms with Gasteiger partial charge in [0.2, 0.25) is 5.91 Å². The molecular formula is C23H39N5O4. The molecule has 0 bridgehead atoms. The third kappa shape index (κ3) is 12.0. The lowest BCUT2D eigenvalue weighted by Crippen LogP contribution is -2.50. The van der Waals surface area contributed by atoms with Gasteiger partial charge in [0.05, 0.1) is 13.7 Å². The number of carbonyl (C=O) groups is 2. The highest BCUT2D eigenvalue weighted by atomic mass is 16.6. The number of guanidine groups is 1. The molecule has 9 heteroatoms. The van der Waals surface area contributed by atoms with Gasteiger partial charge in [-0.1, -0.05) is 31.9 Å². The van der Waals surface area contributed by atoms with Crippen LogP contribution in [0.2, 0.25) is 0 Å². The summed E-state index contributed by atoms with van der Waals surface area (Å²) in [7, 11) is 3.26. The third-order valence-electron chi connectivity index (χ3n) is 4.43. The molecule has 0 fully saturated rings. The molecule has 0 radical (unpaired) electrons. The van der Waals surface area contributed by atoms with Crippen LogP contribution in [-0.4, -0.2) is 56.8 Å². The number of nitrogens with zero attached hydrogens (tertiary/aromatic N) is 1. The summed E-state index contributed by atoms with van der Waals surface area (Å²) in [5.41, 5.74) is 0.433. The van der Waals surface area contributed by atoms with Crippen molar-refractivity contribution in [3.8, 4) is 5.75 Å². The van der Waals surface area contributed by atoms with Crippen molar-refractivity contribution in [3.63, 3.8) is 0 Å². The SMILES string of the molecule is CCCCC(CNC(=O)OC(C)(C)C)NC(=NC)NCC(=O)NCc1ccc(OC)cc1. The van der Waals surface area contributed by atoms with Crippen LogP contribution in [0.3, 0.4) is 0 Å². The van der Waals surface area contributed by atoms with Gasteiger partial charge in [0.1, 0.15) is 11.4 Å². The Hall–Kier alpha value is -2.97. The largest absolute Gasteiger partial charge is 0.497 e. The lowest BCUT2D eigenvalue weighted by Gasteiger charge is -2.24. The summed E-state index contributed by atoms with van der Waals surface area (Å²) in [6, 6.07) is 7.48. The molecule has 2 amide bonds. The zero-order valence-electron chi connectivity index (χ0n) is 20.2. The molecular weight excluding hydrogens is 410 g/mol. The fourth-order valence-electron chi connectivity index (χ4n) is 2.76.